The molecule has 0 unspecified atom stereocenters. The maximum Gasteiger partial charge on any atom is 0.319 e. The molecule has 2 N–H and O–H groups in total. The molecule has 0 spiro atoms. The molecular formula is C32H34F3N5O4Si. The van der Waals surface area contributed by atoms with Gasteiger partial charge >= 0.3 is 6.03 Å². The van der Waals surface area contributed by atoms with Gasteiger partial charge in [0.05, 0.1) is 24.2 Å². The summed E-state index contributed by atoms with van der Waals surface area (Å²) < 4.78 is 63.9. The number of pyridine rings is 1. The second-order valence-electron chi connectivity index (χ2n) is 12.7. The number of carbonyl (C=O) groups excluding carboxylic acids is 1. The minimum absolute atomic E-state index is 0.0628. The molecule has 1 fully saturated rings. The van der Waals surface area contributed by atoms with Gasteiger partial charge in [-0.2, -0.15) is 5.26 Å². The molecule has 1 aliphatic heterocycles. The Morgan fingerprint density at radius 1 is 1.13 bits per heavy atom. The number of benzene rings is 2. The molecule has 9 nitrogen and oxygen atoms in total. The molecule has 0 atom stereocenters. The summed E-state index contributed by atoms with van der Waals surface area (Å²) in [7, 11) is -1.34. The van der Waals surface area contributed by atoms with Gasteiger partial charge in [0.1, 0.15) is 30.0 Å². The van der Waals surface area contributed by atoms with Crippen LogP contribution in [-0.2, 0) is 16.2 Å². The Morgan fingerprint density at radius 3 is 2.49 bits per heavy atom. The zero-order valence-electron chi connectivity index (χ0n) is 25.5. The van der Waals surface area contributed by atoms with Crippen molar-refractivity contribution >= 4 is 30.8 Å². The minimum atomic E-state index is -1.34. The number of aromatic nitrogens is 2. The van der Waals surface area contributed by atoms with Crippen molar-refractivity contribution in [1.82, 2.24) is 14.9 Å². The summed E-state index contributed by atoms with van der Waals surface area (Å²) in [5.41, 5.74) is 0.866. The van der Waals surface area contributed by atoms with E-state index in [-0.39, 0.29) is 29.1 Å². The van der Waals surface area contributed by atoms with Gasteiger partial charge in [-0.3, -0.25) is 0 Å². The Hall–Kier alpha value is -4.38. The van der Waals surface area contributed by atoms with Crippen molar-refractivity contribution in [2.45, 2.75) is 39.3 Å². The standard InChI is InChI=1S/C32H34F3N5O4Si/c1-32(17-43-18-32)16-38-31(41)39-22-12-25(34)29(26(35)13-22)44-27-7-8-37-30-28(27)23(20-5-6-21(14-36)24(33)11-20)15-40(30)19-42-9-10-45(2,3)4/h5-8,11-13,15H,9-10,16-19H2,1-4H3,(H2,38,39,41). The number of hydrogen-bond acceptors (Lipinski definition) is 6. The van der Waals surface area contributed by atoms with Crippen LogP contribution in [0.2, 0.25) is 25.7 Å². The molecule has 2 aromatic heterocycles. The highest BCUT2D eigenvalue weighted by atomic mass is 28.3. The average molecular weight is 638 g/mol. The zero-order chi connectivity index (χ0) is 32.4. The van der Waals surface area contributed by atoms with Crippen LogP contribution < -0.4 is 15.4 Å². The first-order chi connectivity index (χ1) is 21.4. The molecule has 45 heavy (non-hydrogen) atoms. The lowest BCUT2D eigenvalue weighted by Crippen LogP contribution is -2.49. The molecule has 0 radical (unpaired) electrons. The summed E-state index contributed by atoms with van der Waals surface area (Å²) in [5.74, 6) is -3.44. The number of nitriles is 1. The topological polar surface area (TPSA) is 110 Å². The number of nitrogens with zero attached hydrogens (tertiary/aromatic N) is 3. The number of anilines is 1. The normalized spacial score (nSPS) is 14.1. The van der Waals surface area contributed by atoms with Gasteiger partial charge in [-0.25, -0.2) is 22.9 Å². The number of carbonyl (C=O) groups is 1. The average Bonchev–Trinajstić information content (AvgIpc) is 3.34. The van der Waals surface area contributed by atoms with E-state index in [1.165, 1.54) is 24.4 Å². The van der Waals surface area contributed by atoms with Gasteiger partial charge in [-0.15, -0.1) is 0 Å². The van der Waals surface area contributed by atoms with E-state index in [1.54, 1.807) is 22.9 Å². The number of urea groups is 1. The third-order valence-corrected chi connectivity index (χ3v) is 9.10. The zero-order valence-corrected chi connectivity index (χ0v) is 26.5. The lowest BCUT2D eigenvalue weighted by Gasteiger charge is -2.37. The predicted octanol–water partition coefficient (Wildman–Crippen LogP) is 7.25. The lowest BCUT2D eigenvalue weighted by atomic mass is 9.89. The highest BCUT2D eigenvalue weighted by Crippen LogP contribution is 2.40. The van der Waals surface area contributed by atoms with Crippen LogP contribution in [0.1, 0.15) is 12.5 Å². The quantitative estimate of drug-likeness (QED) is 0.132. The summed E-state index contributed by atoms with van der Waals surface area (Å²) >= 11 is 0. The van der Waals surface area contributed by atoms with Crippen LogP contribution >= 0.6 is 0 Å². The second kappa shape index (κ2) is 12.9. The van der Waals surface area contributed by atoms with E-state index < -0.39 is 37.3 Å². The van der Waals surface area contributed by atoms with Crippen molar-refractivity contribution in [3.8, 4) is 28.7 Å². The predicted molar refractivity (Wildman–Crippen MR) is 166 cm³/mol. The van der Waals surface area contributed by atoms with E-state index in [0.717, 1.165) is 18.2 Å². The van der Waals surface area contributed by atoms with Crippen LogP contribution in [0.25, 0.3) is 22.2 Å². The van der Waals surface area contributed by atoms with Crippen LogP contribution in [0.5, 0.6) is 11.5 Å². The van der Waals surface area contributed by atoms with E-state index >= 15 is 8.78 Å². The molecule has 0 aliphatic carbocycles. The lowest BCUT2D eigenvalue weighted by molar-refractivity contribution is -0.0974. The third-order valence-electron chi connectivity index (χ3n) is 7.39. The molecule has 1 saturated heterocycles. The second-order valence-corrected chi connectivity index (χ2v) is 18.3. The van der Waals surface area contributed by atoms with Crippen LogP contribution in [0.3, 0.4) is 0 Å². The molecule has 236 valence electrons. The molecule has 13 heteroatoms. The van der Waals surface area contributed by atoms with Crippen molar-refractivity contribution < 1.29 is 32.2 Å². The van der Waals surface area contributed by atoms with Gasteiger partial charge in [0.15, 0.2) is 17.4 Å². The molecule has 0 saturated carbocycles. The largest absolute Gasteiger partial charge is 0.450 e. The highest BCUT2D eigenvalue weighted by Gasteiger charge is 2.33. The molecule has 5 rings (SSSR count). The molecule has 3 heterocycles. The number of amides is 2. The van der Waals surface area contributed by atoms with Gasteiger partial charge in [0, 0.05) is 62.4 Å². The number of fused-ring (bicyclic) bond motifs is 1. The van der Waals surface area contributed by atoms with E-state index in [2.05, 4.69) is 35.3 Å². The van der Waals surface area contributed by atoms with E-state index in [0.29, 0.717) is 48.5 Å². The summed E-state index contributed by atoms with van der Waals surface area (Å²) in [4.78, 5) is 16.8. The first-order valence-electron chi connectivity index (χ1n) is 14.4. The number of ether oxygens (including phenoxy) is 3. The summed E-state index contributed by atoms with van der Waals surface area (Å²) in [6.07, 6.45) is 3.14. The van der Waals surface area contributed by atoms with Gasteiger partial charge in [0.25, 0.3) is 0 Å². The smallest absolute Gasteiger partial charge is 0.319 e. The summed E-state index contributed by atoms with van der Waals surface area (Å²) in [6.45, 7) is 10.7. The maximum atomic E-state index is 15.3. The fraction of sp³-hybridized carbons (Fsp3) is 0.344. The van der Waals surface area contributed by atoms with Crippen LogP contribution in [-0.4, -0.2) is 50.0 Å². The van der Waals surface area contributed by atoms with Crippen LogP contribution in [0, 0.1) is 34.2 Å². The third kappa shape index (κ3) is 7.47. The molecule has 1 aliphatic rings. The number of nitrogens with one attached hydrogen (secondary N) is 2. The Kier molecular flexibility index (Phi) is 9.20. The SMILES string of the molecule is CC1(CNC(=O)Nc2cc(F)c(Oc3ccnc4c3c(-c3ccc(C#N)c(F)c3)cn4COCC[Si](C)(C)C)c(F)c2)COC1. The first-order valence-corrected chi connectivity index (χ1v) is 18.1. The summed E-state index contributed by atoms with van der Waals surface area (Å²) in [6, 6.07) is 9.65. The fourth-order valence-corrected chi connectivity index (χ4v) is 5.52. The van der Waals surface area contributed by atoms with E-state index in [1.807, 2.05) is 6.92 Å². The highest BCUT2D eigenvalue weighted by molar-refractivity contribution is 6.76. The molecule has 2 amide bonds. The van der Waals surface area contributed by atoms with Crippen molar-refractivity contribution in [3.05, 3.63) is 71.8 Å². The summed E-state index contributed by atoms with van der Waals surface area (Å²) in [5, 5.41) is 14.7. The monoisotopic (exact) mass is 637 g/mol. The Labute approximate surface area is 259 Å². The van der Waals surface area contributed by atoms with Gasteiger partial charge < -0.3 is 29.4 Å². The van der Waals surface area contributed by atoms with Crippen molar-refractivity contribution in [3.63, 3.8) is 0 Å². The molecule has 2 aromatic carbocycles. The fourth-order valence-electron chi connectivity index (χ4n) is 4.76. The van der Waals surface area contributed by atoms with Crippen LogP contribution in [0.4, 0.5) is 23.7 Å². The first kappa shape index (κ1) is 32.0. The van der Waals surface area contributed by atoms with Crippen molar-refractivity contribution in [2.75, 3.05) is 31.7 Å². The Bertz CT molecular complexity index is 1760. The molecule has 0 bridgehead atoms. The van der Waals surface area contributed by atoms with Crippen molar-refractivity contribution in [2.24, 2.45) is 5.41 Å². The minimum Gasteiger partial charge on any atom is -0.450 e. The Balaban J connectivity index is 1.45. The maximum absolute atomic E-state index is 15.3. The van der Waals surface area contributed by atoms with E-state index in [4.69, 9.17) is 14.2 Å². The molecular weight excluding hydrogens is 603 g/mol. The molecule has 4 aromatic rings. The number of rotatable bonds is 11. The van der Waals surface area contributed by atoms with Crippen molar-refractivity contribution in [1.29, 1.82) is 5.26 Å². The van der Waals surface area contributed by atoms with Gasteiger partial charge in [-0.05, 0) is 29.8 Å². The Morgan fingerprint density at radius 2 is 1.87 bits per heavy atom. The van der Waals surface area contributed by atoms with Crippen LogP contribution in [0.15, 0.2) is 48.8 Å². The number of halogens is 3. The number of hydrogen-bond donors (Lipinski definition) is 2. The van der Waals surface area contributed by atoms with Gasteiger partial charge in [0.2, 0.25) is 0 Å². The van der Waals surface area contributed by atoms with E-state index in [9.17, 15) is 14.4 Å². The van der Waals surface area contributed by atoms with Gasteiger partial charge in [-0.1, -0.05) is 32.6 Å².